The molecule has 1 heterocycles. The molecule has 0 aliphatic rings. The van der Waals surface area contributed by atoms with Gasteiger partial charge in [0, 0.05) is 11.9 Å². The Balaban J connectivity index is 2.45. The smallest absolute Gasteiger partial charge is 0.213 e. The minimum atomic E-state index is -0.0572. The first kappa shape index (κ1) is 12.7. The van der Waals surface area contributed by atoms with E-state index in [-0.39, 0.29) is 5.84 Å². The molecule has 1 aromatic carbocycles. The second-order valence-electron chi connectivity index (χ2n) is 3.29. The zero-order valence-corrected chi connectivity index (χ0v) is 10.9. The first-order valence-corrected chi connectivity index (χ1v) is 5.99. The number of oxime groups is 1. The molecule has 1 aromatic heterocycles. The highest BCUT2D eigenvalue weighted by atomic mass is 35.5. The average molecular weight is 285 g/mol. The van der Waals surface area contributed by atoms with Crippen LogP contribution >= 0.6 is 23.4 Å². The van der Waals surface area contributed by atoms with Gasteiger partial charge in [0.2, 0.25) is 5.16 Å². The van der Waals surface area contributed by atoms with E-state index < -0.39 is 0 Å². The van der Waals surface area contributed by atoms with Crippen LogP contribution in [-0.2, 0) is 7.05 Å². The summed E-state index contributed by atoms with van der Waals surface area (Å²) in [4.78, 5) is 0.704. The molecule has 94 valence electrons. The van der Waals surface area contributed by atoms with Crippen LogP contribution in [-0.4, -0.2) is 31.3 Å². The third kappa shape index (κ3) is 2.39. The Morgan fingerprint density at radius 1 is 1.56 bits per heavy atom. The molecule has 0 fully saturated rings. The van der Waals surface area contributed by atoms with Gasteiger partial charge in [0.15, 0.2) is 5.84 Å². The summed E-state index contributed by atoms with van der Waals surface area (Å²) in [5.41, 5.74) is 6.06. The van der Waals surface area contributed by atoms with Gasteiger partial charge in [-0.3, -0.25) is 0 Å². The first-order chi connectivity index (χ1) is 8.63. The van der Waals surface area contributed by atoms with Crippen LogP contribution in [0.3, 0.4) is 0 Å². The summed E-state index contributed by atoms with van der Waals surface area (Å²) in [5.74, 6) is -0.0572. The lowest BCUT2D eigenvalue weighted by atomic mass is 10.2. The lowest BCUT2D eigenvalue weighted by Crippen LogP contribution is -2.15. The van der Waals surface area contributed by atoms with E-state index in [1.807, 2.05) is 0 Å². The number of hydrogen-bond acceptors (Lipinski definition) is 6. The quantitative estimate of drug-likeness (QED) is 0.379. The third-order valence-corrected chi connectivity index (χ3v) is 3.53. The van der Waals surface area contributed by atoms with Gasteiger partial charge in [-0.25, -0.2) is 4.68 Å². The number of amidine groups is 1. The normalized spacial score (nSPS) is 11.8. The molecule has 2 aromatic rings. The molecule has 0 aliphatic carbocycles. The molecule has 0 radical (unpaired) electrons. The van der Waals surface area contributed by atoms with Crippen LogP contribution in [0.25, 0.3) is 0 Å². The van der Waals surface area contributed by atoms with Gasteiger partial charge < -0.3 is 10.9 Å². The molecule has 0 bridgehead atoms. The van der Waals surface area contributed by atoms with Crippen molar-refractivity contribution in [2.45, 2.75) is 10.1 Å². The van der Waals surface area contributed by atoms with Gasteiger partial charge in [-0.15, -0.1) is 5.10 Å². The molecule has 2 rings (SSSR count). The molecule has 7 nitrogen and oxygen atoms in total. The molecule has 0 saturated carbocycles. The number of aromatic nitrogens is 4. The van der Waals surface area contributed by atoms with E-state index in [4.69, 9.17) is 22.5 Å². The van der Waals surface area contributed by atoms with Gasteiger partial charge in [0.25, 0.3) is 0 Å². The standard InChI is InChI=1S/C9H9ClN6OS/c1-16-9(12-14-15-16)18-6-4-2-3-5(10)7(6)8(11)13-17/h2-4,17H,1H3,(H2,11,13). The highest BCUT2D eigenvalue weighted by Gasteiger charge is 2.15. The molecular formula is C9H9ClN6OS. The summed E-state index contributed by atoms with van der Waals surface area (Å²) < 4.78 is 1.52. The summed E-state index contributed by atoms with van der Waals surface area (Å²) in [6.45, 7) is 0. The van der Waals surface area contributed by atoms with Crippen LogP contribution < -0.4 is 5.73 Å². The Bertz CT molecular complexity index is 598. The number of hydrogen-bond donors (Lipinski definition) is 2. The third-order valence-electron chi connectivity index (χ3n) is 2.12. The number of nitrogens with two attached hydrogens (primary N) is 1. The second-order valence-corrected chi connectivity index (χ2v) is 4.70. The van der Waals surface area contributed by atoms with E-state index in [9.17, 15) is 0 Å². The van der Waals surface area contributed by atoms with Crippen molar-refractivity contribution >= 4 is 29.2 Å². The van der Waals surface area contributed by atoms with E-state index >= 15 is 0 Å². The maximum Gasteiger partial charge on any atom is 0.213 e. The van der Waals surface area contributed by atoms with Crippen molar-refractivity contribution in [1.82, 2.24) is 20.2 Å². The molecule has 0 atom stereocenters. The van der Waals surface area contributed by atoms with Crippen LogP contribution in [0.4, 0.5) is 0 Å². The lowest BCUT2D eigenvalue weighted by molar-refractivity contribution is 0.318. The van der Waals surface area contributed by atoms with Crippen LogP contribution in [0.5, 0.6) is 0 Å². The minimum Gasteiger partial charge on any atom is -0.409 e. The molecule has 0 amide bonds. The summed E-state index contributed by atoms with van der Waals surface area (Å²) in [6.07, 6.45) is 0. The van der Waals surface area contributed by atoms with E-state index in [1.165, 1.54) is 16.4 Å². The fourth-order valence-electron chi connectivity index (χ4n) is 1.29. The maximum absolute atomic E-state index is 8.77. The monoisotopic (exact) mass is 284 g/mol. The molecule has 0 unspecified atom stereocenters. The molecule has 18 heavy (non-hydrogen) atoms. The van der Waals surface area contributed by atoms with Crippen molar-refractivity contribution < 1.29 is 5.21 Å². The first-order valence-electron chi connectivity index (χ1n) is 4.80. The second kappa shape index (κ2) is 5.23. The van der Waals surface area contributed by atoms with Gasteiger partial charge in [0.05, 0.1) is 10.6 Å². The highest BCUT2D eigenvalue weighted by Crippen LogP contribution is 2.32. The number of benzene rings is 1. The summed E-state index contributed by atoms with van der Waals surface area (Å²) in [7, 11) is 1.72. The lowest BCUT2D eigenvalue weighted by Gasteiger charge is -2.08. The molecule has 9 heteroatoms. The zero-order chi connectivity index (χ0) is 13.1. The largest absolute Gasteiger partial charge is 0.409 e. The predicted octanol–water partition coefficient (Wildman–Crippen LogP) is 1.11. The Morgan fingerprint density at radius 3 is 2.94 bits per heavy atom. The Morgan fingerprint density at radius 2 is 2.33 bits per heavy atom. The number of nitrogens with zero attached hydrogens (tertiary/aromatic N) is 5. The average Bonchev–Trinajstić information content (AvgIpc) is 2.74. The van der Waals surface area contributed by atoms with Gasteiger partial charge in [-0.05, 0) is 34.3 Å². The number of aryl methyl sites for hydroxylation is 1. The number of rotatable bonds is 3. The van der Waals surface area contributed by atoms with Gasteiger partial charge in [-0.2, -0.15) is 0 Å². The maximum atomic E-state index is 8.77. The molecular weight excluding hydrogens is 276 g/mol. The van der Waals surface area contributed by atoms with Crippen LogP contribution in [0.2, 0.25) is 5.02 Å². The summed E-state index contributed by atoms with van der Waals surface area (Å²) in [5, 5.41) is 23.8. The van der Waals surface area contributed by atoms with E-state index in [0.717, 1.165) is 0 Å². The topological polar surface area (TPSA) is 102 Å². The van der Waals surface area contributed by atoms with Crippen LogP contribution in [0, 0.1) is 0 Å². The van der Waals surface area contributed by atoms with Crippen molar-refractivity contribution in [3.8, 4) is 0 Å². The van der Waals surface area contributed by atoms with Gasteiger partial charge in [0.1, 0.15) is 0 Å². The number of halogens is 1. The van der Waals surface area contributed by atoms with Crippen molar-refractivity contribution in [2.75, 3.05) is 0 Å². The van der Waals surface area contributed by atoms with Crippen LogP contribution in [0.1, 0.15) is 5.56 Å². The molecule has 3 N–H and O–H groups in total. The van der Waals surface area contributed by atoms with E-state index in [2.05, 4.69) is 20.7 Å². The number of tetrazole rings is 1. The Kier molecular flexibility index (Phi) is 3.68. The van der Waals surface area contributed by atoms with E-state index in [1.54, 1.807) is 25.2 Å². The Labute approximate surface area is 112 Å². The summed E-state index contributed by atoms with van der Waals surface area (Å²) >= 11 is 7.32. The summed E-state index contributed by atoms with van der Waals surface area (Å²) in [6, 6.07) is 5.22. The molecule has 0 saturated heterocycles. The van der Waals surface area contributed by atoms with Crippen molar-refractivity contribution in [1.29, 1.82) is 0 Å². The fourth-order valence-corrected chi connectivity index (χ4v) is 2.53. The fraction of sp³-hybridized carbons (Fsp3) is 0.111. The van der Waals surface area contributed by atoms with Crippen molar-refractivity contribution in [3.05, 3.63) is 28.8 Å². The van der Waals surface area contributed by atoms with Gasteiger partial charge in [-0.1, -0.05) is 22.8 Å². The van der Waals surface area contributed by atoms with E-state index in [0.29, 0.717) is 20.6 Å². The molecule has 0 spiro atoms. The van der Waals surface area contributed by atoms with Gasteiger partial charge >= 0.3 is 0 Å². The van der Waals surface area contributed by atoms with Crippen molar-refractivity contribution in [3.63, 3.8) is 0 Å². The highest BCUT2D eigenvalue weighted by molar-refractivity contribution is 7.99. The van der Waals surface area contributed by atoms with Crippen molar-refractivity contribution in [2.24, 2.45) is 17.9 Å². The molecule has 0 aliphatic heterocycles. The van der Waals surface area contributed by atoms with Crippen LogP contribution in [0.15, 0.2) is 33.4 Å². The Hall–Kier alpha value is -1.80. The SMILES string of the molecule is Cn1nnnc1Sc1cccc(Cl)c1/C(N)=N/O. The zero-order valence-electron chi connectivity index (χ0n) is 9.28. The minimum absolute atomic E-state index is 0.0572. The predicted molar refractivity (Wildman–Crippen MR) is 66.9 cm³/mol.